The van der Waals surface area contributed by atoms with Gasteiger partial charge >= 0.3 is 0 Å². The molecular formula is C20H33N7. The Hall–Kier alpha value is -1.47. The van der Waals surface area contributed by atoms with Gasteiger partial charge in [0.1, 0.15) is 6.33 Å². The molecule has 0 amide bonds. The molecular weight excluding hydrogens is 338 g/mol. The second-order valence-electron chi connectivity index (χ2n) is 9.15. The minimum atomic E-state index is 0.696. The van der Waals surface area contributed by atoms with E-state index in [0.717, 1.165) is 62.5 Å². The number of hydrogen-bond acceptors (Lipinski definition) is 7. The van der Waals surface area contributed by atoms with Crippen LogP contribution in [0.1, 0.15) is 32.1 Å². The standard InChI is InChI=1S/C20H33N7/c1-25(10-15-5-6-21-9-15)19-22-14-23-20(24-19)27-12-16-8-17(13-27)18-4-2-3-7-26(18)11-16/h14-18,21H,2-13H2,1H3/t15?,16-,17-,18+/m1/s1. The monoisotopic (exact) mass is 371 g/mol. The normalized spacial score (nSPS) is 33.7. The number of anilines is 2. The molecule has 2 bridgehead atoms. The van der Waals surface area contributed by atoms with Crippen molar-refractivity contribution >= 4 is 11.9 Å². The van der Waals surface area contributed by atoms with Gasteiger partial charge in [0, 0.05) is 39.3 Å². The lowest BCUT2D eigenvalue weighted by atomic mass is 9.76. The summed E-state index contributed by atoms with van der Waals surface area (Å²) in [6.07, 6.45) is 8.52. The highest BCUT2D eigenvalue weighted by molar-refractivity contribution is 5.38. The summed E-state index contributed by atoms with van der Waals surface area (Å²) in [5, 5.41) is 3.45. The second-order valence-corrected chi connectivity index (χ2v) is 9.15. The molecule has 4 saturated heterocycles. The number of fused-ring (bicyclic) bond motifs is 4. The molecule has 148 valence electrons. The van der Waals surface area contributed by atoms with E-state index in [-0.39, 0.29) is 0 Å². The maximum atomic E-state index is 4.87. The van der Waals surface area contributed by atoms with Gasteiger partial charge in [-0.1, -0.05) is 6.42 Å². The van der Waals surface area contributed by atoms with Crippen molar-refractivity contribution in [2.45, 2.75) is 38.1 Å². The molecule has 7 heteroatoms. The Bertz CT molecular complexity index is 647. The highest BCUT2D eigenvalue weighted by atomic mass is 15.3. The van der Waals surface area contributed by atoms with E-state index in [1.165, 1.54) is 45.2 Å². The Labute approximate surface area is 162 Å². The Balaban J connectivity index is 1.29. The van der Waals surface area contributed by atoms with E-state index < -0.39 is 0 Å². The van der Waals surface area contributed by atoms with Gasteiger partial charge in [-0.25, -0.2) is 9.97 Å². The summed E-state index contributed by atoms with van der Waals surface area (Å²) in [6, 6.07) is 0.789. The van der Waals surface area contributed by atoms with Gasteiger partial charge < -0.3 is 15.1 Å². The first-order valence-corrected chi connectivity index (χ1v) is 10.9. The minimum absolute atomic E-state index is 0.696. The molecule has 0 radical (unpaired) electrons. The van der Waals surface area contributed by atoms with Crippen molar-refractivity contribution in [2.24, 2.45) is 17.8 Å². The fourth-order valence-electron chi connectivity index (χ4n) is 5.88. The van der Waals surface area contributed by atoms with Crippen LogP contribution >= 0.6 is 0 Å². The van der Waals surface area contributed by atoms with Gasteiger partial charge in [0.05, 0.1) is 0 Å². The second kappa shape index (κ2) is 7.51. The molecule has 27 heavy (non-hydrogen) atoms. The Kier molecular flexibility index (Phi) is 4.90. The Morgan fingerprint density at radius 3 is 3.04 bits per heavy atom. The molecule has 4 aliphatic rings. The van der Waals surface area contributed by atoms with Crippen LogP contribution in [0.2, 0.25) is 0 Å². The first kappa shape index (κ1) is 17.6. The van der Waals surface area contributed by atoms with Crippen molar-refractivity contribution in [1.29, 1.82) is 0 Å². The van der Waals surface area contributed by atoms with Crippen LogP contribution in [0, 0.1) is 17.8 Å². The van der Waals surface area contributed by atoms with Crippen LogP contribution in [0.4, 0.5) is 11.9 Å². The van der Waals surface area contributed by atoms with Crippen LogP contribution < -0.4 is 15.1 Å². The SMILES string of the molecule is CN(CC1CCNC1)c1ncnc(N2C[C@@H]3C[C@H](C2)[C@@H]2CCCCN2C3)n1. The van der Waals surface area contributed by atoms with E-state index in [9.17, 15) is 0 Å². The predicted molar refractivity (Wildman–Crippen MR) is 107 cm³/mol. The van der Waals surface area contributed by atoms with E-state index in [4.69, 9.17) is 4.98 Å². The quantitative estimate of drug-likeness (QED) is 0.854. The van der Waals surface area contributed by atoms with Crippen LogP contribution in [-0.4, -0.2) is 78.8 Å². The number of hydrogen-bond donors (Lipinski definition) is 1. The van der Waals surface area contributed by atoms with Crippen LogP contribution in [0.5, 0.6) is 0 Å². The van der Waals surface area contributed by atoms with Gasteiger partial charge in [-0.15, -0.1) is 0 Å². The molecule has 5 heterocycles. The van der Waals surface area contributed by atoms with Crippen molar-refractivity contribution in [2.75, 3.05) is 62.7 Å². The lowest BCUT2D eigenvalue weighted by Crippen LogP contribution is -2.59. The highest BCUT2D eigenvalue weighted by Gasteiger charge is 2.42. The van der Waals surface area contributed by atoms with Gasteiger partial charge in [-0.3, -0.25) is 4.90 Å². The molecule has 4 aliphatic heterocycles. The first-order valence-electron chi connectivity index (χ1n) is 10.9. The molecule has 0 aromatic carbocycles. The summed E-state index contributed by atoms with van der Waals surface area (Å²) >= 11 is 0. The molecule has 1 aromatic heterocycles. The summed E-state index contributed by atoms with van der Waals surface area (Å²) in [7, 11) is 2.11. The Morgan fingerprint density at radius 2 is 2.15 bits per heavy atom. The molecule has 4 atom stereocenters. The van der Waals surface area contributed by atoms with Crippen molar-refractivity contribution < 1.29 is 0 Å². The van der Waals surface area contributed by atoms with E-state index in [1.54, 1.807) is 6.33 Å². The topological polar surface area (TPSA) is 60.4 Å². The van der Waals surface area contributed by atoms with Gasteiger partial charge in [0.2, 0.25) is 11.9 Å². The summed E-state index contributed by atoms with van der Waals surface area (Å²) in [6.45, 7) is 8.04. The molecule has 0 aliphatic carbocycles. The molecule has 1 aromatic rings. The number of aromatic nitrogens is 3. The third-order valence-corrected chi connectivity index (χ3v) is 7.14. The molecule has 4 fully saturated rings. The summed E-state index contributed by atoms with van der Waals surface area (Å²) < 4.78 is 0. The van der Waals surface area contributed by atoms with Crippen LogP contribution in [0.15, 0.2) is 6.33 Å². The Morgan fingerprint density at radius 1 is 1.19 bits per heavy atom. The zero-order chi connectivity index (χ0) is 18.2. The third kappa shape index (κ3) is 3.63. The predicted octanol–water partition coefficient (Wildman–Crippen LogP) is 1.23. The lowest BCUT2D eigenvalue weighted by molar-refractivity contribution is 0.0183. The molecule has 0 saturated carbocycles. The van der Waals surface area contributed by atoms with Crippen molar-refractivity contribution in [3.05, 3.63) is 6.33 Å². The fraction of sp³-hybridized carbons (Fsp3) is 0.850. The average Bonchev–Trinajstić information content (AvgIpc) is 3.21. The number of nitrogens with zero attached hydrogens (tertiary/aromatic N) is 6. The van der Waals surface area contributed by atoms with Crippen molar-refractivity contribution in [3.63, 3.8) is 0 Å². The van der Waals surface area contributed by atoms with Crippen LogP contribution in [-0.2, 0) is 0 Å². The van der Waals surface area contributed by atoms with Gasteiger partial charge in [-0.2, -0.15) is 4.98 Å². The third-order valence-electron chi connectivity index (χ3n) is 7.14. The minimum Gasteiger partial charge on any atom is -0.343 e. The van der Waals surface area contributed by atoms with Crippen LogP contribution in [0.25, 0.3) is 0 Å². The van der Waals surface area contributed by atoms with Gasteiger partial charge in [-0.05, 0) is 63.1 Å². The zero-order valence-corrected chi connectivity index (χ0v) is 16.6. The van der Waals surface area contributed by atoms with Gasteiger partial charge in [0.25, 0.3) is 0 Å². The average molecular weight is 372 g/mol. The molecule has 1 N–H and O–H groups in total. The molecule has 1 unspecified atom stereocenters. The van der Waals surface area contributed by atoms with Gasteiger partial charge in [0.15, 0.2) is 0 Å². The summed E-state index contributed by atoms with van der Waals surface area (Å²) in [4.78, 5) is 21.3. The smallest absolute Gasteiger partial charge is 0.230 e. The summed E-state index contributed by atoms with van der Waals surface area (Å²) in [5.74, 6) is 3.94. The molecule has 5 rings (SSSR count). The number of nitrogens with one attached hydrogen (secondary N) is 1. The summed E-state index contributed by atoms with van der Waals surface area (Å²) in [5.41, 5.74) is 0. The molecule has 0 spiro atoms. The highest BCUT2D eigenvalue weighted by Crippen LogP contribution is 2.38. The van der Waals surface area contributed by atoms with E-state index in [0.29, 0.717) is 5.92 Å². The lowest BCUT2D eigenvalue weighted by Gasteiger charge is -2.52. The zero-order valence-electron chi connectivity index (χ0n) is 16.6. The van der Waals surface area contributed by atoms with E-state index >= 15 is 0 Å². The van der Waals surface area contributed by atoms with E-state index in [1.807, 2.05) is 0 Å². The molecule has 7 nitrogen and oxygen atoms in total. The number of rotatable bonds is 4. The number of piperidine rings is 3. The van der Waals surface area contributed by atoms with Crippen LogP contribution in [0.3, 0.4) is 0 Å². The first-order chi connectivity index (χ1) is 13.3. The maximum absolute atomic E-state index is 4.87. The van der Waals surface area contributed by atoms with E-state index in [2.05, 4.69) is 37.0 Å². The fourth-order valence-corrected chi connectivity index (χ4v) is 5.88. The van der Waals surface area contributed by atoms with Crippen molar-refractivity contribution in [3.8, 4) is 0 Å². The van der Waals surface area contributed by atoms with Crippen molar-refractivity contribution in [1.82, 2.24) is 25.2 Å². The largest absolute Gasteiger partial charge is 0.343 e. The maximum Gasteiger partial charge on any atom is 0.230 e.